The first-order valence-electron chi connectivity index (χ1n) is 6.60. The Morgan fingerprint density at radius 2 is 2.00 bits per heavy atom. The molecule has 98 valence electrons. The lowest BCUT2D eigenvalue weighted by atomic mass is 9.97. The summed E-state index contributed by atoms with van der Waals surface area (Å²) in [5.74, 6) is 1.01. The van der Waals surface area contributed by atoms with E-state index in [2.05, 4.69) is 12.2 Å². The maximum atomic E-state index is 12.2. The highest BCUT2D eigenvalue weighted by Gasteiger charge is 2.29. The van der Waals surface area contributed by atoms with E-state index in [1.165, 1.54) is 0 Å². The number of aromatic hydroxyl groups is 1. The number of anilines is 1. The zero-order valence-corrected chi connectivity index (χ0v) is 11.3. The fourth-order valence-corrected chi connectivity index (χ4v) is 2.70. The van der Waals surface area contributed by atoms with Gasteiger partial charge in [0.1, 0.15) is 5.75 Å². The first-order chi connectivity index (χ1) is 8.49. The van der Waals surface area contributed by atoms with Gasteiger partial charge >= 0.3 is 0 Å². The van der Waals surface area contributed by atoms with E-state index < -0.39 is 0 Å². The molecule has 0 saturated heterocycles. The van der Waals surface area contributed by atoms with Crippen molar-refractivity contribution < 1.29 is 9.90 Å². The van der Waals surface area contributed by atoms with Gasteiger partial charge < -0.3 is 10.4 Å². The molecule has 2 rings (SSSR count). The lowest BCUT2D eigenvalue weighted by Gasteiger charge is -2.17. The largest absolute Gasteiger partial charge is 0.508 e. The van der Waals surface area contributed by atoms with E-state index in [-0.39, 0.29) is 17.6 Å². The summed E-state index contributed by atoms with van der Waals surface area (Å²) >= 11 is 0. The molecular formula is C15H21NO2. The fourth-order valence-electron chi connectivity index (χ4n) is 2.70. The molecule has 0 bridgehead atoms. The van der Waals surface area contributed by atoms with Crippen LogP contribution in [0.3, 0.4) is 0 Å². The molecule has 0 heterocycles. The fraction of sp³-hybridized carbons (Fsp3) is 0.533. The standard InChI is InChI=1S/C15H21NO2/c1-9-5-4-6-12(9)15(18)16-13-7-11(3)14(17)8-10(13)2/h7-9,12,17H,4-6H2,1-3H3,(H,16,18). The van der Waals surface area contributed by atoms with Gasteiger partial charge in [-0.05, 0) is 55.9 Å². The number of benzene rings is 1. The van der Waals surface area contributed by atoms with Crippen LogP contribution in [-0.2, 0) is 4.79 Å². The molecule has 2 atom stereocenters. The maximum absolute atomic E-state index is 12.2. The average Bonchev–Trinajstić information content (AvgIpc) is 2.72. The van der Waals surface area contributed by atoms with Crippen molar-refractivity contribution in [1.29, 1.82) is 0 Å². The Bertz CT molecular complexity index is 468. The van der Waals surface area contributed by atoms with Crippen molar-refractivity contribution in [3.63, 3.8) is 0 Å². The molecule has 1 aliphatic carbocycles. The second kappa shape index (κ2) is 5.01. The molecule has 1 amide bonds. The van der Waals surface area contributed by atoms with Gasteiger partial charge in [0.15, 0.2) is 0 Å². The van der Waals surface area contributed by atoms with Gasteiger partial charge in [-0.3, -0.25) is 4.79 Å². The van der Waals surface area contributed by atoms with Crippen LogP contribution in [0.5, 0.6) is 5.75 Å². The molecule has 0 spiro atoms. The van der Waals surface area contributed by atoms with Crippen LogP contribution >= 0.6 is 0 Å². The van der Waals surface area contributed by atoms with Crippen molar-refractivity contribution >= 4 is 11.6 Å². The summed E-state index contributed by atoms with van der Waals surface area (Å²) in [6.07, 6.45) is 3.28. The number of aryl methyl sites for hydroxylation is 2. The van der Waals surface area contributed by atoms with Crippen molar-refractivity contribution in [2.24, 2.45) is 11.8 Å². The van der Waals surface area contributed by atoms with Crippen LogP contribution in [-0.4, -0.2) is 11.0 Å². The molecule has 2 unspecified atom stereocenters. The second-order valence-corrected chi connectivity index (χ2v) is 5.46. The molecule has 1 saturated carbocycles. The number of hydrogen-bond acceptors (Lipinski definition) is 2. The van der Waals surface area contributed by atoms with Gasteiger partial charge in [-0.1, -0.05) is 13.3 Å². The molecule has 18 heavy (non-hydrogen) atoms. The van der Waals surface area contributed by atoms with Crippen molar-refractivity contribution in [2.75, 3.05) is 5.32 Å². The molecule has 1 fully saturated rings. The SMILES string of the molecule is Cc1cc(NC(=O)C2CCCC2C)c(C)cc1O. The molecule has 3 nitrogen and oxygen atoms in total. The summed E-state index contributed by atoms with van der Waals surface area (Å²) in [5, 5.41) is 12.6. The van der Waals surface area contributed by atoms with Crippen LogP contribution in [0.4, 0.5) is 5.69 Å². The van der Waals surface area contributed by atoms with Gasteiger partial charge in [0.2, 0.25) is 5.91 Å². The topological polar surface area (TPSA) is 49.3 Å². The molecule has 3 heteroatoms. The third-order valence-electron chi connectivity index (χ3n) is 4.00. The Morgan fingerprint density at radius 1 is 1.28 bits per heavy atom. The van der Waals surface area contributed by atoms with Gasteiger partial charge in [0.05, 0.1) is 0 Å². The first kappa shape index (κ1) is 12.9. The average molecular weight is 247 g/mol. The zero-order chi connectivity index (χ0) is 13.3. The van der Waals surface area contributed by atoms with Crippen LogP contribution in [0.1, 0.15) is 37.3 Å². The van der Waals surface area contributed by atoms with E-state index in [0.29, 0.717) is 5.92 Å². The molecular weight excluding hydrogens is 226 g/mol. The monoisotopic (exact) mass is 247 g/mol. The number of carbonyl (C=O) groups is 1. The Kier molecular flexibility index (Phi) is 3.60. The zero-order valence-electron chi connectivity index (χ0n) is 11.3. The van der Waals surface area contributed by atoms with Crippen molar-refractivity contribution in [2.45, 2.75) is 40.0 Å². The summed E-state index contributed by atoms with van der Waals surface area (Å²) in [4.78, 5) is 12.2. The quantitative estimate of drug-likeness (QED) is 0.787. The van der Waals surface area contributed by atoms with Crippen LogP contribution in [0.25, 0.3) is 0 Å². The number of hydrogen-bond donors (Lipinski definition) is 2. The first-order valence-corrected chi connectivity index (χ1v) is 6.60. The highest BCUT2D eigenvalue weighted by Crippen LogP contribution is 2.33. The summed E-state index contributed by atoms with van der Waals surface area (Å²) in [6, 6.07) is 3.53. The third kappa shape index (κ3) is 2.50. The predicted molar refractivity (Wildman–Crippen MR) is 72.7 cm³/mol. The van der Waals surface area contributed by atoms with Gasteiger partial charge in [0, 0.05) is 11.6 Å². The highest BCUT2D eigenvalue weighted by atomic mass is 16.3. The van der Waals surface area contributed by atoms with Crippen molar-refractivity contribution in [3.05, 3.63) is 23.3 Å². The third-order valence-corrected chi connectivity index (χ3v) is 4.00. The van der Waals surface area contributed by atoms with Crippen LogP contribution in [0, 0.1) is 25.7 Å². The summed E-state index contributed by atoms with van der Waals surface area (Å²) in [6.45, 7) is 5.88. The minimum atomic E-state index is 0.119. The Hall–Kier alpha value is -1.51. The Labute approximate surface area is 108 Å². The number of phenolic OH excluding ortho intramolecular Hbond substituents is 1. The van der Waals surface area contributed by atoms with Gasteiger partial charge in [-0.2, -0.15) is 0 Å². The van der Waals surface area contributed by atoms with Crippen LogP contribution < -0.4 is 5.32 Å². The van der Waals surface area contributed by atoms with E-state index in [9.17, 15) is 9.90 Å². The van der Waals surface area contributed by atoms with E-state index >= 15 is 0 Å². The Balaban J connectivity index is 2.14. The molecule has 0 radical (unpaired) electrons. The van der Waals surface area contributed by atoms with Crippen molar-refractivity contribution in [3.8, 4) is 5.75 Å². The second-order valence-electron chi connectivity index (χ2n) is 5.46. The summed E-state index contributed by atoms with van der Waals surface area (Å²) in [7, 11) is 0. The number of phenols is 1. The number of carbonyl (C=O) groups excluding carboxylic acids is 1. The minimum Gasteiger partial charge on any atom is -0.508 e. The summed E-state index contributed by atoms with van der Waals surface area (Å²) < 4.78 is 0. The maximum Gasteiger partial charge on any atom is 0.227 e. The molecule has 0 aliphatic heterocycles. The van der Waals surface area contributed by atoms with E-state index in [1.807, 2.05) is 19.9 Å². The lowest BCUT2D eigenvalue weighted by molar-refractivity contribution is -0.120. The molecule has 2 N–H and O–H groups in total. The Morgan fingerprint density at radius 3 is 2.61 bits per heavy atom. The predicted octanol–water partition coefficient (Wildman–Crippen LogP) is 3.38. The number of nitrogens with one attached hydrogen (secondary N) is 1. The smallest absolute Gasteiger partial charge is 0.227 e. The van der Waals surface area contributed by atoms with E-state index in [4.69, 9.17) is 0 Å². The molecule has 1 aromatic rings. The summed E-state index contributed by atoms with van der Waals surface area (Å²) in [5.41, 5.74) is 2.50. The molecule has 0 aromatic heterocycles. The van der Waals surface area contributed by atoms with Gasteiger partial charge in [-0.15, -0.1) is 0 Å². The van der Waals surface area contributed by atoms with Crippen molar-refractivity contribution in [1.82, 2.24) is 0 Å². The van der Waals surface area contributed by atoms with Crippen LogP contribution in [0.15, 0.2) is 12.1 Å². The van der Waals surface area contributed by atoms with E-state index in [0.717, 1.165) is 36.1 Å². The molecule has 1 aromatic carbocycles. The molecule has 1 aliphatic rings. The highest BCUT2D eigenvalue weighted by molar-refractivity contribution is 5.93. The van der Waals surface area contributed by atoms with Gasteiger partial charge in [0.25, 0.3) is 0 Å². The lowest BCUT2D eigenvalue weighted by Crippen LogP contribution is -2.24. The van der Waals surface area contributed by atoms with E-state index in [1.54, 1.807) is 6.07 Å². The normalized spacial score (nSPS) is 23.1. The number of rotatable bonds is 2. The minimum absolute atomic E-state index is 0.119. The van der Waals surface area contributed by atoms with Gasteiger partial charge in [-0.25, -0.2) is 0 Å². The number of amides is 1. The van der Waals surface area contributed by atoms with Crippen LogP contribution in [0.2, 0.25) is 0 Å².